The predicted molar refractivity (Wildman–Crippen MR) is 72.3 cm³/mol. The number of hydrogen-bond acceptors (Lipinski definition) is 2. The fourth-order valence-electron chi connectivity index (χ4n) is 1.38. The maximum absolute atomic E-state index is 4.28. The molecule has 0 fully saturated rings. The van der Waals surface area contributed by atoms with E-state index in [2.05, 4.69) is 30.4 Å². The molecule has 1 aromatic heterocycles. The van der Waals surface area contributed by atoms with Crippen LogP contribution in [0.15, 0.2) is 19.0 Å². The second-order valence-corrected chi connectivity index (χ2v) is 3.42. The number of hydrogen-bond donors (Lipinski definition) is 0. The van der Waals surface area contributed by atoms with Gasteiger partial charge in [-0.25, -0.2) is 9.97 Å². The SMILES string of the molecule is C=Cc1c(/C=C\C)ncnc1C(C)C.CC. The average molecular weight is 218 g/mol. The normalized spacial score (nSPS) is 10.1. The molecule has 0 amide bonds. The Balaban J connectivity index is 0.00000106. The first-order valence-electron chi connectivity index (χ1n) is 5.80. The Kier molecular flexibility index (Phi) is 7.10. The van der Waals surface area contributed by atoms with Gasteiger partial charge in [0, 0.05) is 5.56 Å². The Morgan fingerprint density at radius 1 is 1.25 bits per heavy atom. The van der Waals surface area contributed by atoms with Crippen molar-refractivity contribution in [1.29, 1.82) is 0 Å². The lowest BCUT2D eigenvalue weighted by atomic mass is 10.0. The van der Waals surface area contributed by atoms with Gasteiger partial charge in [0.2, 0.25) is 0 Å². The lowest BCUT2D eigenvalue weighted by Crippen LogP contribution is -2.00. The molecule has 0 bridgehead atoms. The lowest BCUT2D eigenvalue weighted by molar-refractivity contribution is 0.809. The fourth-order valence-corrected chi connectivity index (χ4v) is 1.38. The molecule has 1 heterocycles. The summed E-state index contributed by atoms with van der Waals surface area (Å²) in [5.74, 6) is 0.398. The Labute approximate surface area is 99.1 Å². The number of nitrogens with zero attached hydrogens (tertiary/aromatic N) is 2. The quantitative estimate of drug-likeness (QED) is 0.755. The molecule has 0 unspecified atom stereocenters. The van der Waals surface area contributed by atoms with Crippen LogP contribution in [0.2, 0.25) is 0 Å². The van der Waals surface area contributed by atoms with Crippen LogP contribution >= 0.6 is 0 Å². The molecule has 2 nitrogen and oxygen atoms in total. The Bertz CT molecular complexity index is 352. The molecule has 0 radical (unpaired) electrons. The minimum atomic E-state index is 0.398. The summed E-state index contributed by atoms with van der Waals surface area (Å²) in [4.78, 5) is 8.49. The summed E-state index contributed by atoms with van der Waals surface area (Å²) < 4.78 is 0. The Morgan fingerprint density at radius 2 is 1.88 bits per heavy atom. The highest BCUT2D eigenvalue weighted by molar-refractivity contribution is 5.63. The first-order chi connectivity index (χ1) is 7.70. The van der Waals surface area contributed by atoms with Crippen LogP contribution in [0.25, 0.3) is 12.2 Å². The van der Waals surface area contributed by atoms with E-state index in [-0.39, 0.29) is 0 Å². The number of rotatable bonds is 3. The van der Waals surface area contributed by atoms with Crippen molar-refractivity contribution in [3.63, 3.8) is 0 Å². The molecule has 16 heavy (non-hydrogen) atoms. The van der Waals surface area contributed by atoms with Crippen LogP contribution < -0.4 is 0 Å². The molecule has 0 spiro atoms. The van der Waals surface area contributed by atoms with Gasteiger partial charge in [-0.1, -0.05) is 46.4 Å². The zero-order chi connectivity index (χ0) is 12.6. The van der Waals surface area contributed by atoms with E-state index in [1.807, 2.05) is 39.0 Å². The van der Waals surface area contributed by atoms with Gasteiger partial charge in [0.25, 0.3) is 0 Å². The van der Waals surface area contributed by atoms with Crippen LogP contribution in [0.4, 0.5) is 0 Å². The van der Waals surface area contributed by atoms with Crippen LogP contribution in [0.1, 0.15) is 57.5 Å². The molecule has 1 rings (SSSR count). The molecule has 0 saturated heterocycles. The van der Waals surface area contributed by atoms with E-state index in [4.69, 9.17) is 0 Å². The molecule has 0 atom stereocenters. The highest BCUT2D eigenvalue weighted by atomic mass is 14.8. The van der Waals surface area contributed by atoms with Gasteiger partial charge in [-0.05, 0) is 18.9 Å². The standard InChI is InChI=1S/C12H16N2.C2H6/c1-5-7-11-10(6-2)12(9(3)4)14-8-13-11;1-2/h5-9H,2H2,1,3-4H3;1-2H3/b7-5-;. The summed E-state index contributed by atoms with van der Waals surface area (Å²) in [5, 5.41) is 0. The van der Waals surface area contributed by atoms with Crippen molar-refractivity contribution in [2.45, 2.75) is 40.5 Å². The molecular formula is C14H22N2. The predicted octanol–water partition coefficient (Wildman–Crippen LogP) is 4.30. The summed E-state index contributed by atoms with van der Waals surface area (Å²) >= 11 is 0. The van der Waals surface area contributed by atoms with Crippen LogP contribution in [0.5, 0.6) is 0 Å². The maximum atomic E-state index is 4.28. The van der Waals surface area contributed by atoms with Crippen LogP contribution in [0, 0.1) is 0 Å². The first kappa shape index (κ1) is 14.6. The van der Waals surface area contributed by atoms with Gasteiger partial charge in [-0.3, -0.25) is 0 Å². The van der Waals surface area contributed by atoms with E-state index in [0.29, 0.717) is 5.92 Å². The molecule has 0 aliphatic rings. The molecular weight excluding hydrogens is 196 g/mol. The van der Waals surface area contributed by atoms with Crippen LogP contribution in [0.3, 0.4) is 0 Å². The summed E-state index contributed by atoms with van der Waals surface area (Å²) in [7, 11) is 0. The molecule has 2 heteroatoms. The van der Waals surface area contributed by atoms with E-state index in [9.17, 15) is 0 Å². The maximum Gasteiger partial charge on any atom is 0.116 e. The van der Waals surface area contributed by atoms with Gasteiger partial charge in [0.15, 0.2) is 0 Å². The second-order valence-electron chi connectivity index (χ2n) is 3.42. The van der Waals surface area contributed by atoms with Gasteiger partial charge in [-0.15, -0.1) is 0 Å². The van der Waals surface area contributed by atoms with Crippen molar-refractivity contribution in [2.24, 2.45) is 0 Å². The van der Waals surface area contributed by atoms with E-state index in [0.717, 1.165) is 17.0 Å². The summed E-state index contributed by atoms with van der Waals surface area (Å²) in [6.45, 7) is 14.0. The van der Waals surface area contributed by atoms with Crippen molar-refractivity contribution in [3.05, 3.63) is 35.9 Å². The van der Waals surface area contributed by atoms with Gasteiger partial charge in [-0.2, -0.15) is 0 Å². The molecule has 88 valence electrons. The molecule has 0 aliphatic heterocycles. The van der Waals surface area contributed by atoms with E-state index in [1.54, 1.807) is 6.33 Å². The second kappa shape index (κ2) is 7.80. The summed E-state index contributed by atoms with van der Waals surface area (Å²) in [6, 6.07) is 0. The van der Waals surface area contributed by atoms with Gasteiger partial charge in [0.05, 0.1) is 11.4 Å². The van der Waals surface area contributed by atoms with Crippen molar-refractivity contribution >= 4 is 12.2 Å². The third-order valence-electron chi connectivity index (χ3n) is 2.02. The molecule has 0 N–H and O–H groups in total. The highest BCUT2D eigenvalue weighted by Gasteiger charge is 2.08. The fraction of sp³-hybridized carbons (Fsp3) is 0.429. The van der Waals surface area contributed by atoms with Crippen LogP contribution in [-0.4, -0.2) is 9.97 Å². The zero-order valence-corrected chi connectivity index (χ0v) is 11.0. The molecule has 0 aliphatic carbocycles. The van der Waals surface area contributed by atoms with E-state index in [1.165, 1.54) is 0 Å². The van der Waals surface area contributed by atoms with E-state index < -0.39 is 0 Å². The monoisotopic (exact) mass is 218 g/mol. The third-order valence-corrected chi connectivity index (χ3v) is 2.02. The first-order valence-corrected chi connectivity index (χ1v) is 5.80. The largest absolute Gasteiger partial charge is 0.240 e. The minimum Gasteiger partial charge on any atom is -0.240 e. The topological polar surface area (TPSA) is 25.8 Å². The van der Waals surface area contributed by atoms with Gasteiger partial charge in [0.1, 0.15) is 6.33 Å². The van der Waals surface area contributed by atoms with Crippen molar-refractivity contribution < 1.29 is 0 Å². The minimum absolute atomic E-state index is 0.398. The van der Waals surface area contributed by atoms with Crippen molar-refractivity contribution in [1.82, 2.24) is 9.97 Å². The van der Waals surface area contributed by atoms with Crippen molar-refractivity contribution in [3.8, 4) is 0 Å². The Morgan fingerprint density at radius 3 is 2.31 bits per heavy atom. The van der Waals surface area contributed by atoms with E-state index >= 15 is 0 Å². The zero-order valence-electron chi connectivity index (χ0n) is 11.0. The number of allylic oxidation sites excluding steroid dienone is 1. The van der Waals surface area contributed by atoms with Gasteiger partial charge < -0.3 is 0 Å². The highest BCUT2D eigenvalue weighted by Crippen LogP contribution is 2.20. The van der Waals surface area contributed by atoms with Crippen molar-refractivity contribution in [2.75, 3.05) is 0 Å². The molecule has 0 saturated carbocycles. The third kappa shape index (κ3) is 3.61. The Hall–Kier alpha value is -1.44. The lowest BCUT2D eigenvalue weighted by Gasteiger charge is -2.09. The molecule has 0 aromatic carbocycles. The number of aromatic nitrogens is 2. The average Bonchev–Trinajstić information content (AvgIpc) is 2.31. The summed E-state index contributed by atoms with van der Waals surface area (Å²) in [6.07, 6.45) is 7.38. The molecule has 1 aromatic rings. The summed E-state index contributed by atoms with van der Waals surface area (Å²) in [5.41, 5.74) is 3.05. The van der Waals surface area contributed by atoms with Crippen LogP contribution in [-0.2, 0) is 0 Å². The smallest absolute Gasteiger partial charge is 0.116 e. The van der Waals surface area contributed by atoms with Gasteiger partial charge >= 0.3 is 0 Å².